The van der Waals surface area contributed by atoms with Crippen molar-refractivity contribution in [1.29, 1.82) is 0 Å². The van der Waals surface area contributed by atoms with Crippen LogP contribution in [0.4, 0.5) is 5.69 Å². The normalized spacial score (nSPS) is 19.8. The van der Waals surface area contributed by atoms with Gasteiger partial charge in [0.25, 0.3) is 5.56 Å². The molecular weight excluding hydrogens is 338 g/mol. The Morgan fingerprint density at radius 3 is 2.59 bits per heavy atom. The Hall–Kier alpha value is -2.86. The van der Waals surface area contributed by atoms with E-state index >= 15 is 0 Å². The summed E-state index contributed by atoms with van der Waals surface area (Å²) in [6.45, 7) is 1.98. The van der Waals surface area contributed by atoms with Crippen LogP contribution >= 0.6 is 0 Å². The Balaban J connectivity index is 1.69. The van der Waals surface area contributed by atoms with E-state index < -0.39 is 0 Å². The molecule has 0 radical (unpaired) electrons. The lowest BCUT2D eigenvalue weighted by atomic mass is 9.91. The highest BCUT2D eigenvalue weighted by atomic mass is 16.1. The van der Waals surface area contributed by atoms with Crippen molar-refractivity contribution in [3.8, 4) is 22.6 Å². The molecule has 1 aliphatic carbocycles. The van der Waals surface area contributed by atoms with Crippen LogP contribution in [0.5, 0.6) is 0 Å². The lowest BCUT2D eigenvalue weighted by Gasteiger charge is -2.28. The molecule has 0 atom stereocenters. The second kappa shape index (κ2) is 7.40. The van der Waals surface area contributed by atoms with Gasteiger partial charge in [-0.2, -0.15) is 0 Å². The quantitative estimate of drug-likeness (QED) is 0.571. The fourth-order valence-electron chi connectivity index (χ4n) is 3.77. The van der Waals surface area contributed by atoms with Crippen LogP contribution in [0.3, 0.4) is 0 Å². The summed E-state index contributed by atoms with van der Waals surface area (Å²) in [4.78, 5) is 23.4. The number of aromatic nitrogens is 3. The summed E-state index contributed by atoms with van der Waals surface area (Å²) < 4.78 is 0. The first kappa shape index (κ1) is 17.5. The number of aryl methyl sites for hydroxylation is 1. The van der Waals surface area contributed by atoms with E-state index in [4.69, 9.17) is 10.7 Å². The standard InChI is InChI=1S/C21H25N5O/c1-13-19(14-5-3-2-4-6-14)26-20(24-13)18-17(11-12-23-21(18)27)25-16-9-7-15(22)8-10-16/h2-6,11-12,15-16H,7-10,22H2,1H3,(H,24,26)(H2,23,25,27). The van der Waals surface area contributed by atoms with Gasteiger partial charge < -0.3 is 21.0 Å². The predicted octanol–water partition coefficient (Wildman–Crippen LogP) is 3.42. The zero-order chi connectivity index (χ0) is 18.8. The first-order chi connectivity index (χ1) is 13.1. The van der Waals surface area contributed by atoms with E-state index in [0.29, 0.717) is 23.5 Å². The smallest absolute Gasteiger partial charge is 0.261 e. The molecule has 5 N–H and O–H groups in total. The van der Waals surface area contributed by atoms with E-state index in [-0.39, 0.29) is 5.56 Å². The van der Waals surface area contributed by atoms with E-state index in [2.05, 4.69) is 15.3 Å². The minimum Gasteiger partial charge on any atom is -0.382 e. The minimum absolute atomic E-state index is 0.152. The third-order valence-electron chi connectivity index (χ3n) is 5.26. The van der Waals surface area contributed by atoms with Crippen LogP contribution in [0.1, 0.15) is 31.4 Å². The molecular formula is C21H25N5O. The molecule has 0 amide bonds. The number of pyridine rings is 1. The molecule has 0 aliphatic heterocycles. The second-order valence-corrected chi connectivity index (χ2v) is 7.28. The summed E-state index contributed by atoms with van der Waals surface area (Å²) in [5.74, 6) is 0.586. The third-order valence-corrected chi connectivity index (χ3v) is 5.26. The van der Waals surface area contributed by atoms with Gasteiger partial charge in [-0.3, -0.25) is 4.79 Å². The van der Waals surface area contributed by atoms with E-state index in [9.17, 15) is 4.79 Å². The Morgan fingerprint density at radius 1 is 1.11 bits per heavy atom. The van der Waals surface area contributed by atoms with Crippen LogP contribution in [0.25, 0.3) is 22.6 Å². The molecule has 27 heavy (non-hydrogen) atoms. The van der Waals surface area contributed by atoms with Crippen LogP contribution in [0.15, 0.2) is 47.4 Å². The summed E-state index contributed by atoms with van der Waals surface area (Å²) in [6.07, 6.45) is 5.72. The largest absolute Gasteiger partial charge is 0.382 e. The van der Waals surface area contributed by atoms with Crippen LogP contribution in [0.2, 0.25) is 0 Å². The molecule has 0 unspecified atom stereocenters. The zero-order valence-corrected chi connectivity index (χ0v) is 15.5. The number of hydrogen-bond acceptors (Lipinski definition) is 4. The number of nitrogens with one attached hydrogen (secondary N) is 3. The number of benzene rings is 1. The number of hydrogen-bond donors (Lipinski definition) is 4. The molecule has 6 nitrogen and oxygen atoms in total. The topological polar surface area (TPSA) is 99.6 Å². The Morgan fingerprint density at radius 2 is 1.85 bits per heavy atom. The number of anilines is 1. The lowest BCUT2D eigenvalue weighted by Crippen LogP contribution is -2.33. The van der Waals surface area contributed by atoms with E-state index in [1.807, 2.05) is 43.3 Å². The number of nitrogens with two attached hydrogens (primary N) is 1. The molecule has 0 saturated heterocycles. The van der Waals surface area contributed by atoms with E-state index in [1.54, 1.807) is 6.20 Å². The molecule has 1 aromatic carbocycles. The van der Waals surface area contributed by atoms with Gasteiger partial charge in [-0.25, -0.2) is 4.98 Å². The average Bonchev–Trinajstić information content (AvgIpc) is 3.05. The van der Waals surface area contributed by atoms with Gasteiger partial charge in [0.05, 0.1) is 11.4 Å². The predicted molar refractivity (Wildman–Crippen MR) is 109 cm³/mol. The molecule has 140 valence electrons. The van der Waals surface area contributed by atoms with Crippen molar-refractivity contribution in [2.75, 3.05) is 5.32 Å². The Labute approximate surface area is 158 Å². The molecule has 4 rings (SSSR count). The van der Waals surface area contributed by atoms with Crippen molar-refractivity contribution >= 4 is 5.69 Å². The number of H-pyrrole nitrogens is 2. The third kappa shape index (κ3) is 3.66. The average molecular weight is 363 g/mol. The lowest BCUT2D eigenvalue weighted by molar-refractivity contribution is 0.411. The van der Waals surface area contributed by atoms with Gasteiger partial charge in [-0.15, -0.1) is 0 Å². The summed E-state index contributed by atoms with van der Waals surface area (Å²) in [7, 11) is 0. The van der Waals surface area contributed by atoms with Crippen LogP contribution in [-0.2, 0) is 0 Å². The summed E-state index contributed by atoms with van der Waals surface area (Å²) in [6, 6.07) is 12.5. The first-order valence-corrected chi connectivity index (χ1v) is 9.48. The van der Waals surface area contributed by atoms with Gasteiger partial charge in [-0.05, 0) is 38.7 Å². The van der Waals surface area contributed by atoms with Crippen molar-refractivity contribution in [3.05, 3.63) is 58.6 Å². The van der Waals surface area contributed by atoms with Crippen molar-refractivity contribution in [1.82, 2.24) is 15.0 Å². The number of imidazole rings is 1. The van der Waals surface area contributed by atoms with Gasteiger partial charge in [0.2, 0.25) is 0 Å². The molecule has 1 fully saturated rings. The fraction of sp³-hybridized carbons (Fsp3) is 0.333. The summed E-state index contributed by atoms with van der Waals surface area (Å²) >= 11 is 0. The summed E-state index contributed by atoms with van der Waals surface area (Å²) in [5, 5.41) is 3.54. The fourth-order valence-corrected chi connectivity index (χ4v) is 3.77. The van der Waals surface area contributed by atoms with E-state index in [0.717, 1.165) is 48.3 Å². The van der Waals surface area contributed by atoms with Crippen LogP contribution in [0, 0.1) is 6.92 Å². The zero-order valence-electron chi connectivity index (χ0n) is 15.5. The molecule has 2 heterocycles. The van der Waals surface area contributed by atoms with Gasteiger partial charge in [0.1, 0.15) is 11.4 Å². The molecule has 0 bridgehead atoms. The highest BCUT2D eigenvalue weighted by Crippen LogP contribution is 2.29. The van der Waals surface area contributed by atoms with Gasteiger partial charge in [0, 0.05) is 29.5 Å². The molecule has 2 aromatic heterocycles. The number of rotatable bonds is 4. The van der Waals surface area contributed by atoms with E-state index in [1.165, 1.54) is 0 Å². The summed E-state index contributed by atoms with van der Waals surface area (Å²) in [5.41, 5.74) is 10.1. The maximum absolute atomic E-state index is 12.6. The number of aromatic amines is 2. The highest BCUT2D eigenvalue weighted by molar-refractivity contribution is 5.75. The number of nitrogens with zero attached hydrogens (tertiary/aromatic N) is 1. The molecule has 1 aliphatic rings. The monoisotopic (exact) mass is 363 g/mol. The van der Waals surface area contributed by atoms with Gasteiger partial charge in [-0.1, -0.05) is 30.3 Å². The van der Waals surface area contributed by atoms with Crippen molar-refractivity contribution in [2.24, 2.45) is 5.73 Å². The van der Waals surface area contributed by atoms with Crippen LogP contribution < -0.4 is 16.6 Å². The van der Waals surface area contributed by atoms with Crippen molar-refractivity contribution in [3.63, 3.8) is 0 Å². The molecule has 0 spiro atoms. The van der Waals surface area contributed by atoms with Gasteiger partial charge >= 0.3 is 0 Å². The second-order valence-electron chi connectivity index (χ2n) is 7.28. The maximum atomic E-state index is 12.6. The molecule has 3 aromatic rings. The molecule has 1 saturated carbocycles. The first-order valence-electron chi connectivity index (χ1n) is 9.48. The van der Waals surface area contributed by atoms with Crippen LogP contribution in [-0.4, -0.2) is 27.0 Å². The minimum atomic E-state index is -0.152. The van der Waals surface area contributed by atoms with Crippen molar-refractivity contribution in [2.45, 2.75) is 44.7 Å². The Bertz CT molecular complexity index is 968. The van der Waals surface area contributed by atoms with Gasteiger partial charge in [0.15, 0.2) is 0 Å². The molecule has 6 heteroatoms. The van der Waals surface area contributed by atoms with Crippen molar-refractivity contribution < 1.29 is 0 Å². The SMILES string of the molecule is Cc1[nH]c(-c2c(NC3CCC(N)CC3)cc[nH]c2=O)nc1-c1ccccc1. The maximum Gasteiger partial charge on any atom is 0.261 e. The Kier molecular flexibility index (Phi) is 4.81. The highest BCUT2D eigenvalue weighted by Gasteiger charge is 2.22.